The van der Waals surface area contributed by atoms with E-state index in [1.165, 1.54) is 17.4 Å². The van der Waals surface area contributed by atoms with Crippen molar-refractivity contribution in [1.29, 1.82) is 0 Å². The van der Waals surface area contributed by atoms with Crippen LogP contribution in [0.25, 0.3) is 0 Å². The normalized spacial score (nSPS) is 21.8. The molecule has 11 nitrogen and oxygen atoms in total. The van der Waals surface area contributed by atoms with Crippen LogP contribution < -0.4 is 5.73 Å². The fourth-order valence-corrected chi connectivity index (χ4v) is 4.10. The summed E-state index contributed by atoms with van der Waals surface area (Å²) < 4.78 is 0. The minimum atomic E-state index is -1.26. The summed E-state index contributed by atoms with van der Waals surface area (Å²) in [5.41, 5.74) is 3.74. The summed E-state index contributed by atoms with van der Waals surface area (Å²) in [5, 5.41) is 15.2. The quantitative estimate of drug-likeness (QED) is 0.301. The lowest BCUT2D eigenvalue weighted by molar-refractivity contribution is -0.317. The van der Waals surface area contributed by atoms with Gasteiger partial charge in [0.25, 0.3) is 5.91 Å². The van der Waals surface area contributed by atoms with Gasteiger partial charge in [0.2, 0.25) is 6.61 Å². The molecule has 1 saturated heterocycles. The Morgan fingerprint density at radius 1 is 1.39 bits per heavy atom. The molecular weight excluding hydrogens is 428 g/mol. The third kappa shape index (κ3) is 4.30. The van der Waals surface area contributed by atoms with Gasteiger partial charge in [0.05, 0.1) is 11.5 Å². The summed E-state index contributed by atoms with van der Waals surface area (Å²) >= 11 is 1.08. The van der Waals surface area contributed by atoms with Gasteiger partial charge in [-0.1, -0.05) is 5.16 Å². The molecule has 1 amide bonds. The number of carboxylic acids is 1. The van der Waals surface area contributed by atoms with Gasteiger partial charge in [-0.2, -0.15) is 0 Å². The number of Topliss-reactive ketones (excluding diaryl/α,β-unsaturated/α-hetero) is 2. The Kier molecular flexibility index (Phi) is 6.14. The van der Waals surface area contributed by atoms with Crippen LogP contribution in [0.1, 0.15) is 52.1 Å². The fourth-order valence-electron chi connectivity index (χ4n) is 3.55. The van der Waals surface area contributed by atoms with Crippen LogP contribution in [0.4, 0.5) is 5.13 Å². The van der Waals surface area contributed by atoms with Gasteiger partial charge in [0, 0.05) is 11.8 Å². The maximum absolute atomic E-state index is 12.9. The highest BCUT2D eigenvalue weighted by Crippen LogP contribution is 2.46. The topological polar surface area (TPSA) is 161 Å². The molecule has 0 spiro atoms. The second-order valence-electron chi connectivity index (χ2n) is 8.14. The number of hydrogen-bond acceptors (Lipinski definition) is 10. The first-order valence-corrected chi connectivity index (χ1v) is 10.6. The number of nitrogen functional groups attached to an aromatic ring is 1. The van der Waals surface area contributed by atoms with Gasteiger partial charge in [-0.25, -0.2) is 14.8 Å². The van der Waals surface area contributed by atoms with Crippen LogP contribution in [-0.2, 0) is 28.9 Å². The highest BCUT2D eigenvalue weighted by Gasteiger charge is 2.59. The van der Waals surface area contributed by atoms with Gasteiger partial charge in [0.15, 0.2) is 28.0 Å². The van der Waals surface area contributed by atoms with Gasteiger partial charge in [0.1, 0.15) is 5.69 Å². The van der Waals surface area contributed by atoms with Gasteiger partial charge in [-0.3, -0.25) is 19.2 Å². The number of ketones is 2. The molecule has 0 radical (unpaired) electrons. The number of aromatic nitrogens is 1. The van der Waals surface area contributed by atoms with E-state index in [2.05, 4.69) is 10.1 Å². The lowest BCUT2D eigenvalue weighted by Crippen LogP contribution is -2.71. The molecule has 2 fully saturated rings. The Labute approximate surface area is 182 Å². The number of nitrogens with zero attached hydrogens (tertiary/aromatic N) is 3. The number of hydrogen-bond donors (Lipinski definition) is 2. The summed E-state index contributed by atoms with van der Waals surface area (Å²) in [4.78, 5) is 62.9. The standard InChI is InChI=1S/C19H24N4O7S/c1-10(24)19(5-4-6-19)30-23-16(28)11(18(23,2)3)7-13(25)15(22-29-8-14(26)27)12-9-31-17(20)21-12/h9,11H,4-8H2,1-3H3,(H2,20,21)(H,26,27)/b22-15-/t11-/m1/s1. The van der Waals surface area contributed by atoms with Crippen LogP contribution in [0.5, 0.6) is 0 Å². The molecule has 1 atom stereocenters. The molecule has 2 aliphatic rings. The zero-order valence-electron chi connectivity index (χ0n) is 17.4. The van der Waals surface area contributed by atoms with Crippen LogP contribution in [0, 0.1) is 5.92 Å². The summed E-state index contributed by atoms with van der Waals surface area (Å²) in [6, 6.07) is 0. The lowest BCUT2D eigenvalue weighted by Gasteiger charge is -2.56. The second-order valence-corrected chi connectivity index (χ2v) is 9.03. The highest BCUT2D eigenvalue weighted by atomic mass is 32.1. The molecule has 1 saturated carbocycles. The number of amides is 1. The predicted molar refractivity (Wildman–Crippen MR) is 109 cm³/mol. The molecule has 2 heterocycles. The summed E-state index contributed by atoms with van der Waals surface area (Å²) in [6.45, 7) is 4.20. The first-order valence-electron chi connectivity index (χ1n) is 9.68. The van der Waals surface area contributed by atoms with Crippen LogP contribution >= 0.6 is 11.3 Å². The van der Waals surface area contributed by atoms with E-state index in [1.807, 2.05) is 0 Å². The van der Waals surface area contributed by atoms with Crippen molar-refractivity contribution in [1.82, 2.24) is 10.0 Å². The largest absolute Gasteiger partial charge is 0.479 e. The summed E-state index contributed by atoms with van der Waals surface area (Å²) in [6.07, 6.45) is 1.73. The van der Waals surface area contributed by atoms with Crippen molar-refractivity contribution in [3.63, 3.8) is 0 Å². The monoisotopic (exact) mass is 452 g/mol. The van der Waals surface area contributed by atoms with Crippen molar-refractivity contribution in [2.75, 3.05) is 12.3 Å². The third-order valence-electron chi connectivity index (χ3n) is 5.71. The zero-order chi connectivity index (χ0) is 23.0. The second kappa shape index (κ2) is 8.35. The summed E-state index contributed by atoms with van der Waals surface area (Å²) in [7, 11) is 0. The van der Waals surface area contributed by atoms with E-state index in [-0.39, 0.29) is 28.7 Å². The lowest BCUT2D eigenvalue weighted by atomic mass is 9.73. The molecule has 3 N–H and O–H groups in total. The van der Waals surface area contributed by atoms with E-state index in [0.29, 0.717) is 12.8 Å². The molecule has 3 rings (SSSR count). The van der Waals surface area contributed by atoms with E-state index in [1.54, 1.807) is 13.8 Å². The average Bonchev–Trinajstić information content (AvgIpc) is 3.07. The van der Waals surface area contributed by atoms with E-state index >= 15 is 0 Å². The average molecular weight is 452 g/mol. The zero-order valence-corrected chi connectivity index (χ0v) is 18.2. The van der Waals surface area contributed by atoms with Crippen LogP contribution in [0.15, 0.2) is 10.5 Å². The number of carboxylic acid groups (broad SMARTS) is 1. The minimum absolute atomic E-state index is 0.131. The first kappa shape index (κ1) is 22.8. The molecule has 1 aromatic heterocycles. The number of aliphatic carboxylic acids is 1. The summed E-state index contributed by atoms with van der Waals surface area (Å²) in [5.74, 6) is -3.06. The van der Waals surface area contributed by atoms with E-state index < -0.39 is 41.3 Å². The van der Waals surface area contributed by atoms with Gasteiger partial charge in [-0.15, -0.1) is 11.3 Å². The number of β-lactam (4-membered cyclic amide) rings is 1. The number of anilines is 1. The molecule has 1 aliphatic heterocycles. The number of carbonyl (C=O) groups excluding carboxylic acids is 3. The molecule has 168 valence electrons. The predicted octanol–water partition coefficient (Wildman–Crippen LogP) is 1.17. The number of thiazole rings is 1. The van der Waals surface area contributed by atoms with Crippen molar-refractivity contribution in [2.24, 2.45) is 11.1 Å². The van der Waals surface area contributed by atoms with Gasteiger partial charge >= 0.3 is 5.97 Å². The molecule has 0 aromatic carbocycles. The number of carbonyl (C=O) groups is 4. The van der Waals surface area contributed by atoms with Crippen molar-refractivity contribution in [3.8, 4) is 0 Å². The molecule has 0 unspecified atom stereocenters. The molecule has 1 aliphatic carbocycles. The number of hydroxylamine groups is 2. The van der Waals surface area contributed by atoms with E-state index in [4.69, 9.17) is 20.5 Å². The molecule has 0 bridgehead atoms. The number of rotatable bonds is 10. The van der Waals surface area contributed by atoms with Gasteiger partial charge in [-0.05, 0) is 40.0 Å². The number of nitrogens with two attached hydrogens (primary N) is 1. The molecule has 12 heteroatoms. The SMILES string of the molecule is CC(=O)C1(ON2C(=O)[C@@H](CC(=O)/C(=N\OCC(=O)O)c3csc(N)n3)C2(C)C)CCC1. The smallest absolute Gasteiger partial charge is 0.344 e. The Morgan fingerprint density at radius 2 is 2.06 bits per heavy atom. The highest BCUT2D eigenvalue weighted by molar-refractivity contribution is 7.13. The van der Waals surface area contributed by atoms with Crippen LogP contribution in [-0.4, -0.2) is 62.1 Å². The maximum Gasteiger partial charge on any atom is 0.344 e. The fraction of sp³-hybridized carbons (Fsp3) is 0.579. The van der Waals surface area contributed by atoms with Crippen molar-refractivity contribution >= 4 is 45.6 Å². The minimum Gasteiger partial charge on any atom is -0.479 e. The Balaban J connectivity index is 1.74. The van der Waals surface area contributed by atoms with Gasteiger partial charge < -0.3 is 15.7 Å². The van der Waals surface area contributed by atoms with E-state index in [9.17, 15) is 19.2 Å². The van der Waals surface area contributed by atoms with Crippen LogP contribution in [0.2, 0.25) is 0 Å². The molecule has 31 heavy (non-hydrogen) atoms. The number of oxime groups is 1. The Bertz CT molecular complexity index is 951. The molecule has 1 aromatic rings. The van der Waals surface area contributed by atoms with Crippen LogP contribution in [0.3, 0.4) is 0 Å². The maximum atomic E-state index is 12.9. The first-order chi connectivity index (χ1) is 14.5. The Hall–Kier alpha value is -2.86. The van der Waals surface area contributed by atoms with Crippen molar-refractivity contribution < 1.29 is 34.0 Å². The van der Waals surface area contributed by atoms with E-state index in [0.717, 1.165) is 17.8 Å². The Morgan fingerprint density at radius 3 is 2.52 bits per heavy atom. The van der Waals surface area contributed by atoms with Crippen molar-refractivity contribution in [2.45, 2.75) is 57.6 Å². The van der Waals surface area contributed by atoms with Crippen molar-refractivity contribution in [3.05, 3.63) is 11.1 Å². The third-order valence-corrected chi connectivity index (χ3v) is 6.38. The molecular formula is C19H24N4O7S.